The van der Waals surface area contributed by atoms with Crippen LogP contribution in [0.4, 0.5) is 19.0 Å². The van der Waals surface area contributed by atoms with Crippen molar-refractivity contribution in [3.05, 3.63) is 41.2 Å². The number of rotatable bonds is 8. The molecule has 0 bridgehead atoms. The number of thiazole rings is 2. The van der Waals surface area contributed by atoms with Crippen molar-refractivity contribution in [1.29, 1.82) is 0 Å². The SMILES string of the molecule is O=C(CCC(=O)Nc1nc(-c2ccccc2OC(F)F)cs1)Nc1nccs1. The van der Waals surface area contributed by atoms with Crippen molar-refractivity contribution < 1.29 is 23.1 Å². The van der Waals surface area contributed by atoms with Crippen molar-refractivity contribution in [2.75, 3.05) is 10.6 Å². The van der Waals surface area contributed by atoms with Crippen molar-refractivity contribution in [2.24, 2.45) is 0 Å². The second-order valence-electron chi connectivity index (χ2n) is 5.35. The van der Waals surface area contributed by atoms with E-state index in [0.717, 1.165) is 11.3 Å². The molecule has 3 aromatic rings. The molecule has 11 heteroatoms. The summed E-state index contributed by atoms with van der Waals surface area (Å²) in [5, 5.41) is 9.30. The van der Waals surface area contributed by atoms with Gasteiger partial charge in [-0.3, -0.25) is 9.59 Å². The van der Waals surface area contributed by atoms with E-state index in [-0.39, 0.29) is 30.4 Å². The number of carbonyl (C=O) groups excluding carboxylic acids is 2. The Bertz CT molecular complexity index is 948. The number of carbonyl (C=O) groups is 2. The number of benzene rings is 1. The van der Waals surface area contributed by atoms with Gasteiger partial charge in [0.2, 0.25) is 11.8 Å². The molecule has 2 amide bonds. The van der Waals surface area contributed by atoms with Gasteiger partial charge < -0.3 is 15.4 Å². The second-order valence-corrected chi connectivity index (χ2v) is 7.10. The molecule has 0 unspecified atom stereocenters. The quantitative estimate of drug-likeness (QED) is 0.565. The largest absolute Gasteiger partial charge is 0.434 e. The van der Waals surface area contributed by atoms with E-state index in [2.05, 4.69) is 25.3 Å². The van der Waals surface area contributed by atoms with E-state index in [9.17, 15) is 18.4 Å². The Kier molecular flexibility index (Phi) is 6.61. The standard InChI is InChI=1S/C17H14F2N4O3S2/c18-15(19)26-12-4-2-1-3-10(12)11-9-28-17(21-11)23-14(25)6-5-13(24)22-16-20-7-8-27-16/h1-4,7-9,15H,5-6H2,(H,20,22,24)(H,21,23,25). The summed E-state index contributed by atoms with van der Waals surface area (Å²) in [6.45, 7) is -2.95. The summed E-state index contributed by atoms with van der Waals surface area (Å²) in [6, 6.07) is 6.26. The highest BCUT2D eigenvalue weighted by Gasteiger charge is 2.15. The Labute approximate surface area is 166 Å². The molecule has 0 saturated carbocycles. The molecule has 0 aliphatic heterocycles. The van der Waals surface area contributed by atoms with Gasteiger partial charge >= 0.3 is 6.61 Å². The molecule has 0 radical (unpaired) electrons. The van der Waals surface area contributed by atoms with Crippen molar-refractivity contribution in [2.45, 2.75) is 19.5 Å². The van der Waals surface area contributed by atoms with Crippen LogP contribution in [0.5, 0.6) is 5.75 Å². The van der Waals surface area contributed by atoms with Crippen LogP contribution in [0.15, 0.2) is 41.2 Å². The predicted molar refractivity (Wildman–Crippen MR) is 103 cm³/mol. The molecule has 3 rings (SSSR count). The summed E-state index contributed by atoms with van der Waals surface area (Å²) in [6.07, 6.45) is 1.53. The molecule has 1 aromatic carbocycles. The number of amides is 2. The number of anilines is 2. The van der Waals surface area contributed by atoms with Gasteiger partial charge in [0.15, 0.2) is 10.3 Å². The third kappa shape index (κ3) is 5.54. The number of hydrogen-bond acceptors (Lipinski definition) is 7. The summed E-state index contributed by atoms with van der Waals surface area (Å²) < 4.78 is 29.6. The van der Waals surface area contributed by atoms with Gasteiger partial charge in [0.1, 0.15) is 5.75 Å². The van der Waals surface area contributed by atoms with Gasteiger partial charge in [-0.25, -0.2) is 9.97 Å². The predicted octanol–water partition coefficient (Wildman–Crippen LogP) is 4.23. The van der Waals surface area contributed by atoms with Crippen LogP contribution < -0.4 is 15.4 Å². The van der Waals surface area contributed by atoms with Crippen molar-refractivity contribution in [3.63, 3.8) is 0 Å². The van der Waals surface area contributed by atoms with Crippen LogP contribution in [0, 0.1) is 0 Å². The van der Waals surface area contributed by atoms with Gasteiger partial charge in [0, 0.05) is 35.4 Å². The van der Waals surface area contributed by atoms with Crippen LogP contribution in [0.2, 0.25) is 0 Å². The summed E-state index contributed by atoms with van der Waals surface area (Å²) in [5.74, 6) is -0.699. The number of halogens is 2. The fourth-order valence-corrected chi connectivity index (χ4v) is 3.48. The van der Waals surface area contributed by atoms with Gasteiger partial charge in [-0.2, -0.15) is 8.78 Å². The van der Waals surface area contributed by atoms with Crippen LogP contribution >= 0.6 is 22.7 Å². The number of nitrogens with one attached hydrogen (secondary N) is 2. The van der Waals surface area contributed by atoms with Gasteiger partial charge in [-0.15, -0.1) is 22.7 Å². The van der Waals surface area contributed by atoms with Crippen LogP contribution in [0.3, 0.4) is 0 Å². The Morgan fingerprint density at radius 2 is 1.79 bits per heavy atom. The van der Waals surface area contributed by atoms with Gasteiger partial charge in [0.05, 0.1) is 5.69 Å². The molecule has 2 N–H and O–H groups in total. The number of alkyl halides is 2. The summed E-state index contributed by atoms with van der Waals surface area (Å²) in [7, 11) is 0. The zero-order valence-corrected chi connectivity index (χ0v) is 15.9. The number of para-hydroxylation sites is 1. The highest BCUT2D eigenvalue weighted by atomic mass is 32.1. The molecule has 28 heavy (non-hydrogen) atoms. The summed E-state index contributed by atoms with van der Waals surface area (Å²) >= 11 is 2.43. The van der Waals surface area contributed by atoms with Crippen LogP contribution in [0.25, 0.3) is 11.3 Å². The average Bonchev–Trinajstić information content (AvgIpc) is 3.32. The van der Waals surface area contributed by atoms with Crippen molar-refractivity contribution >= 4 is 44.8 Å². The summed E-state index contributed by atoms with van der Waals surface area (Å²) in [4.78, 5) is 31.9. The molecular formula is C17H14F2N4O3S2. The molecule has 146 valence electrons. The van der Waals surface area contributed by atoms with E-state index in [1.807, 2.05) is 0 Å². The van der Waals surface area contributed by atoms with E-state index in [4.69, 9.17) is 0 Å². The topological polar surface area (TPSA) is 93.2 Å². The maximum Gasteiger partial charge on any atom is 0.387 e. The third-order valence-corrected chi connectivity index (χ3v) is 4.83. The molecule has 0 atom stereocenters. The minimum Gasteiger partial charge on any atom is -0.434 e. The van der Waals surface area contributed by atoms with Crippen LogP contribution in [0.1, 0.15) is 12.8 Å². The lowest BCUT2D eigenvalue weighted by molar-refractivity contribution is -0.121. The number of aromatic nitrogens is 2. The van der Waals surface area contributed by atoms with Crippen molar-refractivity contribution in [3.8, 4) is 17.0 Å². The van der Waals surface area contributed by atoms with E-state index in [0.29, 0.717) is 21.5 Å². The molecule has 0 aliphatic carbocycles. The molecule has 2 heterocycles. The first-order valence-corrected chi connectivity index (χ1v) is 9.76. The summed E-state index contributed by atoms with van der Waals surface area (Å²) in [5.41, 5.74) is 0.792. The van der Waals surface area contributed by atoms with Crippen molar-refractivity contribution in [1.82, 2.24) is 9.97 Å². The lowest BCUT2D eigenvalue weighted by Gasteiger charge is -2.08. The molecule has 0 fully saturated rings. The average molecular weight is 424 g/mol. The molecular weight excluding hydrogens is 410 g/mol. The fraction of sp³-hybridized carbons (Fsp3) is 0.176. The molecule has 0 saturated heterocycles. The smallest absolute Gasteiger partial charge is 0.387 e. The minimum absolute atomic E-state index is 0.000431. The first-order chi connectivity index (χ1) is 13.5. The maximum atomic E-state index is 12.5. The minimum atomic E-state index is -2.95. The second kappa shape index (κ2) is 9.33. The highest BCUT2D eigenvalue weighted by Crippen LogP contribution is 2.33. The first-order valence-electron chi connectivity index (χ1n) is 8.00. The van der Waals surface area contributed by atoms with Gasteiger partial charge in [0.25, 0.3) is 0 Å². The molecule has 2 aromatic heterocycles. The van der Waals surface area contributed by atoms with E-state index >= 15 is 0 Å². The Morgan fingerprint density at radius 3 is 2.46 bits per heavy atom. The lowest BCUT2D eigenvalue weighted by Crippen LogP contribution is -2.17. The Morgan fingerprint density at radius 1 is 1.07 bits per heavy atom. The molecule has 0 aliphatic rings. The van der Waals surface area contributed by atoms with Gasteiger partial charge in [-0.05, 0) is 12.1 Å². The van der Waals surface area contributed by atoms with E-state index in [1.54, 1.807) is 35.2 Å². The maximum absolute atomic E-state index is 12.5. The van der Waals surface area contributed by atoms with Crippen LogP contribution in [-0.4, -0.2) is 28.4 Å². The fourth-order valence-electron chi connectivity index (χ4n) is 2.21. The lowest BCUT2D eigenvalue weighted by atomic mass is 10.1. The molecule has 7 nitrogen and oxygen atoms in total. The first kappa shape index (κ1) is 19.8. The Balaban J connectivity index is 1.56. The monoisotopic (exact) mass is 424 g/mol. The van der Waals surface area contributed by atoms with Gasteiger partial charge in [-0.1, -0.05) is 12.1 Å². The molecule has 0 spiro atoms. The number of ether oxygens (including phenoxy) is 1. The zero-order chi connectivity index (χ0) is 19.9. The normalized spacial score (nSPS) is 10.7. The van der Waals surface area contributed by atoms with E-state index in [1.165, 1.54) is 17.4 Å². The van der Waals surface area contributed by atoms with E-state index < -0.39 is 6.61 Å². The third-order valence-electron chi connectivity index (χ3n) is 3.39. The number of hydrogen-bond donors (Lipinski definition) is 2. The highest BCUT2D eigenvalue weighted by molar-refractivity contribution is 7.14. The number of nitrogens with zero attached hydrogens (tertiary/aromatic N) is 2. The Hall–Kier alpha value is -2.92. The van der Waals surface area contributed by atoms with Crippen LogP contribution in [-0.2, 0) is 9.59 Å². The zero-order valence-electron chi connectivity index (χ0n) is 14.2.